The molecule has 0 fully saturated rings. The SMILES string of the molecule is c1ccc(-c2ccc(-c3nc4ccc5c(-c6ccc(N(c7ccccc7)c7ccc(-c8ccccc8)cc7)cc6-c6ccccc6)cccc5c4o3)cc2)cc1. The first-order valence-electron chi connectivity index (χ1n) is 19.0. The van der Waals surface area contributed by atoms with Gasteiger partial charge >= 0.3 is 0 Å². The van der Waals surface area contributed by atoms with Crippen molar-refractivity contribution in [3.8, 4) is 56.0 Å². The molecule has 0 bridgehead atoms. The molecule has 0 saturated heterocycles. The Morgan fingerprint density at radius 2 is 0.839 bits per heavy atom. The zero-order valence-corrected chi connectivity index (χ0v) is 30.6. The second kappa shape index (κ2) is 14.4. The van der Waals surface area contributed by atoms with Gasteiger partial charge in [0.1, 0.15) is 5.52 Å². The lowest BCUT2D eigenvalue weighted by molar-refractivity contribution is 0.623. The molecule has 0 aliphatic rings. The number of para-hydroxylation sites is 1. The van der Waals surface area contributed by atoms with Crippen LogP contribution >= 0.6 is 0 Å². The third-order valence-corrected chi connectivity index (χ3v) is 10.5. The van der Waals surface area contributed by atoms with E-state index in [-0.39, 0.29) is 0 Å². The predicted octanol–water partition coefficient (Wildman–Crippen LogP) is 14.8. The molecule has 10 rings (SSSR count). The number of hydrogen-bond acceptors (Lipinski definition) is 3. The Morgan fingerprint density at radius 3 is 1.48 bits per heavy atom. The van der Waals surface area contributed by atoms with Crippen molar-refractivity contribution in [1.29, 1.82) is 0 Å². The summed E-state index contributed by atoms with van der Waals surface area (Å²) in [5, 5.41) is 2.15. The monoisotopic (exact) mass is 716 g/mol. The third kappa shape index (κ3) is 6.21. The standard InChI is InChI=1S/C53H36N2O/c1-5-14-37(15-6-1)39-24-26-42(27-25-39)53-54-51-35-34-47-46(22-13-23-49(47)52(51)56-53)48-33-32-45(36-50(48)41-18-9-3-10-19-41)55(43-20-11-4-12-21-43)44-30-28-40(29-31-44)38-16-7-2-8-17-38/h1-36H. The number of fused-ring (bicyclic) bond motifs is 3. The van der Waals surface area contributed by atoms with Gasteiger partial charge in [0.15, 0.2) is 5.58 Å². The lowest BCUT2D eigenvalue weighted by Gasteiger charge is -2.27. The molecule has 0 N–H and O–H groups in total. The highest BCUT2D eigenvalue weighted by molar-refractivity contribution is 6.10. The van der Waals surface area contributed by atoms with Crippen molar-refractivity contribution in [1.82, 2.24) is 4.98 Å². The molecule has 9 aromatic carbocycles. The molecule has 56 heavy (non-hydrogen) atoms. The molecule has 0 aliphatic heterocycles. The highest BCUT2D eigenvalue weighted by Crippen LogP contribution is 2.43. The summed E-state index contributed by atoms with van der Waals surface area (Å²) >= 11 is 0. The van der Waals surface area contributed by atoms with Crippen LogP contribution in [-0.4, -0.2) is 4.98 Å². The van der Waals surface area contributed by atoms with E-state index in [1.807, 2.05) is 6.07 Å². The fourth-order valence-electron chi connectivity index (χ4n) is 7.76. The highest BCUT2D eigenvalue weighted by atomic mass is 16.3. The van der Waals surface area contributed by atoms with Crippen molar-refractivity contribution in [2.24, 2.45) is 0 Å². The van der Waals surface area contributed by atoms with Crippen LogP contribution < -0.4 is 4.90 Å². The number of aromatic nitrogens is 1. The average Bonchev–Trinajstić information content (AvgIpc) is 3.73. The van der Waals surface area contributed by atoms with Crippen molar-refractivity contribution in [3.63, 3.8) is 0 Å². The van der Waals surface area contributed by atoms with Crippen LogP contribution in [0.5, 0.6) is 0 Å². The van der Waals surface area contributed by atoms with Crippen LogP contribution in [0.3, 0.4) is 0 Å². The van der Waals surface area contributed by atoms with E-state index < -0.39 is 0 Å². The van der Waals surface area contributed by atoms with Gasteiger partial charge in [-0.2, -0.15) is 0 Å². The molecule has 1 heterocycles. The van der Waals surface area contributed by atoms with Gasteiger partial charge in [-0.1, -0.05) is 164 Å². The van der Waals surface area contributed by atoms with E-state index >= 15 is 0 Å². The van der Waals surface area contributed by atoms with Crippen molar-refractivity contribution >= 4 is 38.9 Å². The smallest absolute Gasteiger partial charge is 0.227 e. The molecule has 1 aromatic heterocycles. The predicted molar refractivity (Wildman–Crippen MR) is 233 cm³/mol. The summed E-state index contributed by atoms with van der Waals surface area (Å²) in [6.45, 7) is 0. The molecule has 264 valence electrons. The quantitative estimate of drug-likeness (QED) is 0.157. The minimum atomic E-state index is 0.615. The number of hydrogen-bond donors (Lipinski definition) is 0. The van der Waals surface area contributed by atoms with E-state index in [1.165, 1.54) is 16.7 Å². The molecule has 10 aromatic rings. The fourth-order valence-corrected chi connectivity index (χ4v) is 7.76. The summed E-state index contributed by atoms with van der Waals surface area (Å²) in [5.74, 6) is 0.615. The third-order valence-electron chi connectivity index (χ3n) is 10.5. The van der Waals surface area contributed by atoms with E-state index in [4.69, 9.17) is 9.40 Å². The zero-order chi connectivity index (χ0) is 37.3. The summed E-state index contributed by atoms with van der Waals surface area (Å²) in [6.07, 6.45) is 0. The lowest BCUT2D eigenvalue weighted by Crippen LogP contribution is -2.10. The maximum Gasteiger partial charge on any atom is 0.227 e. The first-order chi connectivity index (χ1) is 27.8. The van der Waals surface area contributed by atoms with E-state index in [2.05, 4.69) is 217 Å². The van der Waals surface area contributed by atoms with Gasteiger partial charge in [0.25, 0.3) is 0 Å². The lowest BCUT2D eigenvalue weighted by atomic mass is 9.90. The van der Waals surface area contributed by atoms with Gasteiger partial charge in [-0.25, -0.2) is 4.98 Å². The largest absolute Gasteiger partial charge is 0.435 e. The van der Waals surface area contributed by atoms with E-state index in [1.54, 1.807) is 0 Å². The maximum absolute atomic E-state index is 6.59. The van der Waals surface area contributed by atoms with Crippen LogP contribution in [-0.2, 0) is 0 Å². The summed E-state index contributed by atoms with van der Waals surface area (Å²) in [4.78, 5) is 7.28. The van der Waals surface area contributed by atoms with Crippen LogP contribution in [0.15, 0.2) is 223 Å². The number of benzene rings is 9. The van der Waals surface area contributed by atoms with E-state index in [0.29, 0.717) is 5.89 Å². The van der Waals surface area contributed by atoms with Crippen molar-refractivity contribution < 1.29 is 4.42 Å². The van der Waals surface area contributed by atoms with Crippen molar-refractivity contribution in [2.45, 2.75) is 0 Å². The Balaban J connectivity index is 1.08. The van der Waals surface area contributed by atoms with Gasteiger partial charge < -0.3 is 9.32 Å². The van der Waals surface area contributed by atoms with Gasteiger partial charge in [0.05, 0.1) is 0 Å². The van der Waals surface area contributed by atoms with Crippen LogP contribution in [0.25, 0.3) is 77.8 Å². The second-order valence-corrected chi connectivity index (χ2v) is 14.0. The highest BCUT2D eigenvalue weighted by Gasteiger charge is 2.19. The summed E-state index contributed by atoms with van der Waals surface area (Å²) in [5.41, 5.74) is 15.2. The minimum Gasteiger partial charge on any atom is -0.435 e. The van der Waals surface area contributed by atoms with Crippen LogP contribution in [0.2, 0.25) is 0 Å². The van der Waals surface area contributed by atoms with Crippen molar-refractivity contribution in [3.05, 3.63) is 218 Å². The first kappa shape index (κ1) is 33.1. The number of oxazole rings is 1. The maximum atomic E-state index is 6.59. The summed E-state index contributed by atoms with van der Waals surface area (Å²) in [7, 11) is 0. The number of rotatable bonds is 8. The van der Waals surface area contributed by atoms with Gasteiger partial charge in [-0.15, -0.1) is 0 Å². The Morgan fingerprint density at radius 1 is 0.321 bits per heavy atom. The second-order valence-electron chi connectivity index (χ2n) is 14.0. The molecule has 3 nitrogen and oxygen atoms in total. The fraction of sp³-hybridized carbons (Fsp3) is 0. The Hall–Kier alpha value is -7.49. The number of nitrogens with zero attached hydrogens (tertiary/aromatic N) is 2. The van der Waals surface area contributed by atoms with Gasteiger partial charge in [0, 0.05) is 28.0 Å². The number of anilines is 3. The zero-order valence-electron chi connectivity index (χ0n) is 30.6. The summed E-state index contributed by atoms with van der Waals surface area (Å²) in [6, 6.07) is 77.1. The van der Waals surface area contributed by atoms with Crippen molar-refractivity contribution in [2.75, 3.05) is 4.90 Å². The van der Waals surface area contributed by atoms with Gasteiger partial charge in [0.2, 0.25) is 5.89 Å². The van der Waals surface area contributed by atoms with Gasteiger partial charge in [-0.05, 0) is 104 Å². The molecule has 3 heteroatoms. The summed E-state index contributed by atoms with van der Waals surface area (Å²) < 4.78 is 6.59. The molecule has 0 spiro atoms. The molecule has 0 amide bonds. The Bertz CT molecular complexity index is 2920. The topological polar surface area (TPSA) is 29.3 Å². The van der Waals surface area contributed by atoms with Crippen LogP contribution in [0.1, 0.15) is 0 Å². The first-order valence-corrected chi connectivity index (χ1v) is 19.0. The molecular weight excluding hydrogens is 681 g/mol. The molecule has 0 unspecified atom stereocenters. The molecule has 0 saturated carbocycles. The normalized spacial score (nSPS) is 11.2. The molecule has 0 atom stereocenters. The Kier molecular flexibility index (Phi) is 8.51. The molecule has 0 radical (unpaired) electrons. The molecular formula is C53H36N2O. The van der Waals surface area contributed by atoms with Crippen LogP contribution in [0.4, 0.5) is 17.1 Å². The average molecular weight is 717 g/mol. The van der Waals surface area contributed by atoms with E-state index in [9.17, 15) is 0 Å². The van der Waals surface area contributed by atoms with Crippen LogP contribution in [0, 0.1) is 0 Å². The molecule has 0 aliphatic carbocycles. The van der Waals surface area contributed by atoms with Gasteiger partial charge in [-0.3, -0.25) is 0 Å². The Labute approximate surface area is 326 Å². The van der Waals surface area contributed by atoms with E-state index in [0.717, 1.165) is 72.3 Å². The minimum absolute atomic E-state index is 0.615.